The third-order valence-electron chi connectivity index (χ3n) is 3.48. The van der Waals surface area contributed by atoms with E-state index in [1.165, 1.54) is 31.4 Å². The highest BCUT2D eigenvalue weighted by Crippen LogP contribution is 2.19. The van der Waals surface area contributed by atoms with E-state index in [1.807, 2.05) is 0 Å². The van der Waals surface area contributed by atoms with Crippen LogP contribution in [0.25, 0.3) is 0 Å². The van der Waals surface area contributed by atoms with Crippen LogP contribution in [0.4, 0.5) is 4.39 Å². The molecule has 0 aliphatic carbocycles. The van der Waals surface area contributed by atoms with E-state index in [2.05, 4.69) is 9.46 Å². The second-order valence-corrected chi connectivity index (χ2v) is 6.82. The number of hydrogen-bond donors (Lipinski definition) is 2. The maximum Gasteiger partial charge on any atom is 0.308 e. The third-order valence-corrected chi connectivity index (χ3v) is 4.97. The van der Waals surface area contributed by atoms with Gasteiger partial charge in [0.2, 0.25) is 10.0 Å². The number of carbonyl (C=O) groups is 1. The quantitative estimate of drug-likeness (QED) is 0.561. The fourth-order valence-electron chi connectivity index (χ4n) is 2.26. The summed E-state index contributed by atoms with van der Waals surface area (Å²) in [7, 11) is -2.90. The molecule has 1 aliphatic rings. The molecular weight excluding hydrogens is 341 g/mol. The lowest BCUT2D eigenvalue weighted by Gasteiger charge is -2.31. The van der Waals surface area contributed by atoms with E-state index >= 15 is 0 Å². The van der Waals surface area contributed by atoms with Crippen molar-refractivity contribution in [1.82, 2.24) is 4.72 Å². The van der Waals surface area contributed by atoms with E-state index in [0.717, 1.165) is 12.1 Å². The molecule has 0 fully saturated rings. The molecule has 9 heteroatoms. The topological polar surface area (TPSA) is 102 Å². The molecule has 0 bridgehead atoms. The van der Waals surface area contributed by atoms with Crippen molar-refractivity contribution in [3.63, 3.8) is 0 Å². The van der Waals surface area contributed by atoms with Crippen LogP contribution in [0, 0.1) is 5.82 Å². The van der Waals surface area contributed by atoms with Gasteiger partial charge in [0.05, 0.1) is 32.3 Å². The summed E-state index contributed by atoms with van der Waals surface area (Å²) in [5, 5.41) is 9.41. The average Bonchev–Trinajstić information content (AvgIpc) is 2.56. The highest BCUT2D eigenvalue weighted by atomic mass is 32.2. The first-order valence-corrected chi connectivity index (χ1v) is 8.64. The third kappa shape index (κ3) is 4.38. The number of ether oxygens (including phenoxy) is 2. The van der Waals surface area contributed by atoms with Crippen LogP contribution in [0.1, 0.15) is 6.42 Å². The number of nitrogens with one attached hydrogen (secondary N) is 1. The molecule has 0 aromatic heterocycles. The fourth-order valence-corrected chi connectivity index (χ4v) is 3.56. The molecule has 0 saturated carbocycles. The maximum atomic E-state index is 13.7. The SMILES string of the molecule is COC(=O)C[C@@H]1C=C[C@@H](NS(=O)(=O)c2ccccc2F)[C@@H](CO)O1. The van der Waals surface area contributed by atoms with Gasteiger partial charge in [0.15, 0.2) is 0 Å². The minimum Gasteiger partial charge on any atom is -0.469 e. The Kier molecular flexibility index (Phi) is 6.05. The summed E-state index contributed by atoms with van der Waals surface area (Å²) in [4.78, 5) is 10.8. The van der Waals surface area contributed by atoms with Gasteiger partial charge in [0.25, 0.3) is 0 Å². The first-order valence-electron chi connectivity index (χ1n) is 7.15. The number of sulfonamides is 1. The van der Waals surface area contributed by atoms with Crippen LogP contribution in [0.2, 0.25) is 0 Å². The second-order valence-electron chi connectivity index (χ2n) is 5.14. The number of aliphatic hydroxyl groups is 1. The number of hydrogen-bond acceptors (Lipinski definition) is 6. The Hall–Kier alpha value is -1.81. The van der Waals surface area contributed by atoms with E-state index in [-0.39, 0.29) is 6.42 Å². The average molecular weight is 359 g/mol. The van der Waals surface area contributed by atoms with Crippen LogP contribution in [0.15, 0.2) is 41.3 Å². The molecule has 0 spiro atoms. The minimum absolute atomic E-state index is 0.0592. The molecule has 0 unspecified atom stereocenters. The van der Waals surface area contributed by atoms with Crippen LogP contribution in [0.5, 0.6) is 0 Å². The Labute approximate surface area is 139 Å². The maximum absolute atomic E-state index is 13.7. The molecule has 3 atom stereocenters. The zero-order chi connectivity index (χ0) is 17.7. The minimum atomic E-state index is -4.14. The largest absolute Gasteiger partial charge is 0.469 e. The van der Waals surface area contributed by atoms with E-state index in [1.54, 1.807) is 0 Å². The number of halogens is 1. The molecule has 2 N–H and O–H groups in total. The molecule has 0 saturated heterocycles. The summed E-state index contributed by atoms with van der Waals surface area (Å²) < 4.78 is 50.6. The van der Waals surface area contributed by atoms with E-state index in [0.29, 0.717) is 0 Å². The van der Waals surface area contributed by atoms with Crippen molar-refractivity contribution in [2.24, 2.45) is 0 Å². The molecule has 24 heavy (non-hydrogen) atoms. The standard InChI is InChI=1S/C15H18FNO6S/c1-22-15(19)8-10-6-7-12(13(9-18)23-10)17-24(20,21)14-5-3-2-4-11(14)16/h2-7,10,12-13,17-18H,8-9H2,1H3/t10-,12+,13+/m0/s1. The zero-order valence-electron chi connectivity index (χ0n) is 12.9. The lowest BCUT2D eigenvalue weighted by Crippen LogP contribution is -2.48. The smallest absolute Gasteiger partial charge is 0.308 e. The summed E-state index contributed by atoms with van der Waals surface area (Å²) in [6, 6.07) is 4.07. The Morgan fingerprint density at radius 2 is 2.08 bits per heavy atom. The molecular formula is C15H18FNO6S. The lowest BCUT2D eigenvalue weighted by atomic mass is 10.1. The van der Waals surface area contributed by atoms with Gasteiger partial charge in [-0.1, -0.05) is 24.3 Å². The zero-order valence-corrected chi connectivity index (χ0v) is 13.7. The lowest BCUT2D eigenvalue weighted by molar-refractivity contribution is -0.144. The van der Waals surface area contributed by atoms with Gasteiger partial charge in [0, 0.05) is 0 Å². The summed E-state index contributed by atoms with van der Waals surface area (Å²) in [5.74, 6) is -1.37. The number of rotatable bonds is 6. The van der Waals surface area contributed by atoms with Gasteiger partial charge in [-0.05, 0) is 12.1 Å². The van der Waals surface area contributed by atoms with Gasteiger partial charge in [-0.3, -0.25) is 4.79 Å². The molecule has 7 nitrogen and oxygen atoms in total. The predicted molar refractivity (Wildman–Crippen MR) is 82.0 cm³/mol. The molecule has 2 rings (SSSR count). The monoisotopic (exact) mass is 359 g/mol. The Morgan fingerprint density at radius 1 is 1.38 bits per heavy atom. The van der Waals surface area contributed by atoms with Crippen LogP contribution in [-0.4, -0.2) is 51.5 Å². The number of carbonyl (C=O) groups excluding carboxylic acids is 1. The molecule has 132 valence electrons. The molecule has 1 aromatic carbocycles. The van der Waals surface area contributed by atoms with Gasteiger partial charge >= 0.3 is 5.97 Å². The first-order chi connectivity index (χ1) is 11.4. The number of esters is 1. The van der Waals surface area contributed by atoms with Crippen LogP contribution in [0.3, 0.4) is 0 Å². The number of benzene rings is 1. The molecule has 0 radical (unpaired) electrons. The summed E-state index contributed by atoms with van der Waals surface area (Å²) >= 11 is 0. The van der Waals surface area contributed by atoms with Crippen molar-refractivity contribution in [1.29, 1.82) is 0 Å². The van der Waals surface area contributed by atoms with Crippen LogP contribution in [-0.2, 0) is 24.3 Å². The highest BCUT2D eigenvalue weighted by molar-refractivity contribution is 7.89. The molecule has 0 amide bonds. The van der Waals surface area contributed by atoms with Gasteiger partial charge in [-0.15, -0.1) is 0 Å². The van der Waals surface area contributed by atoms with E-state index in [4.69, 9.17) is 4.74 Å². The summed E-state index contributed by atoms with van der Waals surface area (Å²) in [5.41, 5.74) is 0. The number of methoxy groups -OCH3 is 1. The first kappa shape index (κ1) is 18.5. The summed E-state index contributed by atoms with van der Waals surface area (Å²) in [6.45, 7) is -0.480. The van der Waals surface area contributed by atoms with Crippen molar-refractivity contribution < 1.29 is 32.2 Å². The number of aliphatic hydroxyl groups excluding tert-OH is 1. The highest BCUT2D eigenvalue weighted by Gasteiger charge is 2.32. The van der Waals surface area contributed by atoms with Gasteiger partial charge in [-0.2, -0.15) is 0 Å². The van der Waals surface area contributed by atoms with Gasteiger partial charge < -0.3 is 14.6 Å². The van der Waals surface area contributed by atoms with Crippen molar-refractivity contribution in [2.75, 3.05) is 13.7 Å². The predicted octanol–water partition coefficient (Wildman–Crippen LogP) is 0.352. The van der Waals surface area contributed by atoms with E-state index < -0.39 is 51.6 Å². The Balaban J connectivity index is 2.15. The molecule has 1 heterocycles. The second kappa shape index (κ2) is 7.84. The van der Waals surface area contributed by atoms with E-state index in [9.17, 15) is 22.7 Å². The normalized spacial score (nSPS) is 23.9. The van der Waals surface area contributed by atoms with Crippen molar-refractivity contribution in [3.8, 4) is 0 Å². The molecule has 1 aliphatic heterocycles. The van der Waals surface area contributed by atoms with Crippen LogP contribution >= 0.6 is 0 Å². The van der Waals surface area contributed by atoms with Gasteiger partial charge in [0.1, 0.15) is 16.8 Å². The van der Waals surface area contributed by atoms with Crippen molar-refractivity contribution >= 4 is 16.0 Å². The van der Waals surface area contributed by atoms with Gasteiger partial charge in [-0.25, -0.2) is 17.5 Å². The van der Waals surface area contributed by atoms with Crippen molar-refractivity contribution in [3.05, 3.63) is 42.2 Å². The van der Waals surface area contributed by atoms with Crippen LogP contribution < -0.4 is 4.72 Å². The Morgan fingerprint density at radius 3 is 2.71 bits per heavy atom. The summed E-state index contributed by atoms with van der Waals surface area (Å²) in [6.07, 6.45) is 1.36. The fraction of sp³-hybridized carbons (Fsp3) is 0.400. The molecule has 1 aromatic rings. The van der Waals surface area contributed by atoms with Crippen molar-refractivity contribution in [2.45, 2.75) is 29.6 Å². The Bertz CT molecular complexity index is 720.